The lowest BCUT2D eigenvalue weighted by molar-refractivity contribution is -0.124. The Bertz CT molecular complexity index is 922. The van der Waals surface area contributed by atoms with E-state index in [9.17, 15) is 14.9 Å². The van der Waals surface area contributed by atoms with Crippen molar-refractivity contribution in [1.82, 2.24) is 0 Å². The van der Waals surface area contributed by atoms with Gasteiger partial charge in [-0.05, 0) is 19.4 Å². The summed E-state index contributed by atoms with van der Waals surface area (Å²) in [4.78, 5) is 28.0. The molecule has 2 heterocycles. The molecule has 1 atom stereocenters. The SMILES string of the molecule is CCN1C(=O)[C@@]2(C(C#N)=C(N)OC3=C2C(=O)CCC3)c2ccccc21. The third-order valence-corrected chi connectivity index (χ3v) is 5.19. The summed E-state index contributed by atoms with van der Waals surface area (Å²) in [6.07, 6.45) is 1.52. The van der Waals surface area contributed by atoms with Crippen LogP contribution in [0.5, 0.6) is 0 Å². The maximum absolute atomic E-state index is 13.5. The number of carbonyl (C=O) groups is 2. The minimum absolute atomic E-state index is 0.00917. The number of ketones is 1. The molecule has 4 rings (SSSR count). The molecule has 1 aliphatic carbocycles. The van der Waals surface area contributed by atoms with Crippen LogP contribution in [0.15, 0.2) is 47.1 Å². The smallest absolute Gasteiger partial charge is 0.247 e. The first-order valence-corrected chi connectivity index (χ1v) is 8.33. The van der Waals surface area contributed by atoms with Gasteiger partial charge >= 0.3 is 0 Å². The van der Waals surface area contributed by atoms with E-state index in [0.29, 0.717) is 42.8 Å². The molecule has 0 aromatic heterocycles. The zero-order valence-electron chi connectivity index (χ0n) is 13.8. The Hall–Kier alpha value is -3.07. The molecule has 25 heavy (non-hydrogen) atoms. The Kier molecular flexibility index (Phi) is 3.22. The summed E-state index contributed by atoms with van der Waals surface area (Å²) >= 11 is 0. The molecule has 0 radical (unpaired) electrons. The molecule has 6 nitrogen and oxygen atoms in total. The molecule has 2 N–H and O–H groups in total. The summed E-state index contributed by atoms with van der Waals surface area (Å²) in [7, 11) is 0. The Morgan fingerprint density at radius 3 is 2.80 bits per heavy atom. The van der Waals surface area contributed by atoms with Crippen molar-refractivity contribution in [3.63, 3.8) is 0 Å². The topological polar surface area (TPSA) is 96.4 Å². The van der Waals surface area contributed by atoms with E-state index in [1.807, 2.05) is 19.1 Å². The van der Waals surface area contributed by atoms with Gasteiger partial charge in [-0.15, -0.1) is 0 Å². The first-order chi connectivity index (χ1) is 12.1. The highest BCUT2D eigenvalue weighted by atomic mass is 16.5. The number of Topliss-reactive ketones (excluding diaryl/α,β-unsaturated/α-hetero) is 1. The number of nitrogens with two attached hydrogens (primary N) is 1. The van der Waals surface area contributed by atoms with Crippen molar-refractivity contribution in [1.29, 1.82) is 5.26 Å². The number of hydrogen-bond donors (Lipinski definition) is 1. The highest BCUT2D eigenvalue weighted by Crippen LogP contribution is 2.55. The van der Waals surface area contributed by atoms with E-state index in [-0.39, 0.29) is 28.7 Å². The molecule has 1 aromatic carbocycles. The molecule has 0 bridgehead atoms. The summed E-state index contributed by atoms with van der Waals surface area (Å²) in [5.41, 5.74) is 6.19. The number of likely N-dealkylation sites (N-methyl/N-ethyl adjacent to an activating group) is 1. The van der Waals surface area contributed by atoms with Gasteiger partial charge in [0.2, 0.25) is 11.8 Å². The van der Waals surface area contributed by atoms with E-state index in [2.05, 4.69) is 6.07 Å². The molecule has 1 amide bonds. The molecule has 0 saturated heterocycles. The van der Waals surface area contributed by atoms with E-state index >= 15 is 0 Å². The van der Waals surface area contributed by atoms with Gasteiger partial charge in [-0.3, -0.25) is 9.59 Å². The quantitative estimate of drug-likeness (QED) is 0.847. The van der Waals surface area contributed by atoms with E-state index in [0.717, 1.165) is 0 Å². The van der Waals surface area contributed by atoms with Crippen LogP contribution in [0, 0.1) is 11.3 Å². The third-order valence-electron chi connectivity index (χ3n) is 5.19. The van der Waals surface area contributed by atoms with E-state index < -0.39 is 5.41 Å². The van der Waals surface area contributed by atoms with Gasteiger partial charge in [0.15, 0.2) is 5.78 Å². The number of benzene rings is 1. The van der Waals surface area contributed by atoms with Gasteiger partial charge in [0.1, 0.15) is 22.8 Å². The van der Waals surface area contributed by atoms with Crippen LogP contribution in [0.1, 0.15) is 31.7 Å². The van der Waals surface area contributed by atoms with Gasteiger partial charge in [-0.1, -0.05) is 18.2 Å². The normalized spacial score (nSPS) is 25.0. The largest absolute Gasteiger partial charge is 0.444 e. The molecule has 0 saturated carbocycles. The minimum atomic E-state index is -1.48. The number of allylic oxidation sites excluding steroid dienone is 1. The fourth-order valence-corrected chi connectivity index (χ4v) is 4.22. The summed E-state index contributed by atoms with van der Waals surface area (Å²) in [5, 5.41) is 9.79. The molecule has 0 unspecified atom stereocenters. The molecular formula is C19H17N3O3. The highest BCUT2D eigenvalue weighted by molar-refractivity contribution is 6.20. The van der Waals surface area contributed by atoms with Crippen molar-refractivity contribution >= 4 is 17.4 Å². The summed E-state index contributed by atoms with van der Waals surface area (Å²) in [6, 6.07) is 9.33. The lowest BCUT2D eigenvalue weighted by atomic mass is 9.65. The molecule has 0 fully saturated rings. The monoisotopic (exact) mass is 335 g/mol. The van der Waals surface area contributed by atoms with Crippen molar-refractivity contribution in [3.8, 4) is 6.07 Å². The number of nitriles is 1. The number of para-hydroxylation sites is 1. The summed E-state index contributed by atoms with van der Waals surface area (Å²) in [5.74, 6) is -0.115. The third kappa shape index (κ3) is 1.73. The van der Waals surface area contributed by atoms with Crippen LogP contribution in [0.2, 0.25) is 0 Å². The van der Waals surface area contributed by atoms with Crippen LogP contribution >= 0.6 is 0 Å². The van der Waals surface area contributed by atoms with Crippen molar-refractivity contribution in [2.24, 2.45) is 5.73 Å². The molecular weight excluding hydrogens is 318 g/mol. The van der Waals surface area contributed by atoms with Crippen molar-refractivity contribution < 1.29 is 14.3 Å². The second-order valence-corrected chi connectivity index (χ2v) is 6.34. The minimum Gasteiger partial charge on any atom is -0.444 e. The van der Waals surface area contributed by atoms with Gasteiger partial charge in [0.25, 0.3) is 0 Å². The van der Waals surface area contributed by atoms with Crippen LogP contribution in [-0.2, 0) is 19.7 Å². The van der Waals surface area contributed by atoms with Crippen molar-refractivity contribution in [2.75, 3.05) is 11.4 Å². The zero-order chi connectivity index (χ0) is 17.8. The number of ether oxygens (including phenoxy) is 1. The number of anilines is 1. The maximum atomic E-state index is 13.5. The fraction of sp³-hybridized carbons (Fsp3) is 0.316. The lowest BCUT2D eigenvalue weighted by Gasteiger charge is -2.37. The standard InChI is InChI=1S/C19H17N3O3/c1-2-22-13-7-4-3-6-11(13)19(18(22)24)12(10-20)17(21)25-15-9-5-8-14(23)16(15)19/h3-4,6-7H,2,5,8-9,21H2,1H3/t19-/m1/s1. The number of nitrogens with zero attached hydrogens (tertiary/aromatic N) is 2. The van der Waals surface area contributed by atoms with Gasteiger partial charge < -0.3 is 15.4 Å². The van der Waals surface area contributed by atoms with Crippen LogP contribution in [-0.4, -0.2) is 18.2 Å². The van der Waals surface area contributed by atoms with Gasteiger partial charge in [-0.25, -0.2) is 0 Å². The second kappa shape index (κ2) is 5.21. The number of rotatable bonds is 1. The lowest BCUT2D eigenvalue weighted by Crippen LogP contribution is -2.49. The van der Waals surface area contributed by atoms with Crippen LogP contribution < -0.4 is 10.6 Å². The van der Waals surface area contributed by atoms with Crippen molar-refractivity contribution in [3.05, 3.63) is 52.6 Å². The molecule has 3 aliphatic rings. The van der Waals surface area contributed by atoms with Crippen LogP contribution in [0.4, 0.5) is 5.69 Å². The Morgan fingerprint density at radius 2 is 2.08 bits per heavy atom. The molecule has 1 aromatic rings. The first-order valence-electron chi connectivity index (χ1n) is 8.33. The Balaban J connectivity index is 2.14. The van der Waals surface area contributed by atoms with E-state index in [4.69, 9.17) is 10.5 Å². The zero-order valence-corrected chi connectivity index (χ0v) is 13.8. The van der Waals surface area contributed by atoms with Gasteiger partial charge in [0, 0.05) is 30.6 Å². The predicted molar refractivity (Wildman–Crippen MR) is 89.9 cm³/mol. The number of fused-ring (bicyclic) bond motifs is 3. The molecule has 1 spiro atoms. The molecule has 6 heteroatoms. The highest BCUT2D eigenvalue weighted by Gasteiger charge is 2.61. The molecule has 2 aliphatic heterocycles. The first kappa shape index (κ1) is 15.5. The average molecular weight is 335 g/mol. The van der Waals surface area contributed by atoms with E-state index in [1.54, 1.807) is 17.0 Å². The number of amides is 1. The van der Waals surface area contributed by atoms with Crippen molar-refractivity contribution in [2.45, 2.75) is 31.6 Å². The summed E-state index contributed by atoms with van der Waals surface area (Å²) < 4.78 is 5.61. The second-order valence-electron chi connectivity index (χ2n) is 6.34. The molecule has 126 valence electrons. The fourth-order valence-electron chi connectivity index (χ4n) is 4.22. The number of carbonyl (C=O) groups excluding carboxylic acids is 2. The average Bonchev–Trinajstić information content (AvgIpc) is 2.84. The maximum Gasteiger partial charge on any atom is 0.247 e. The van der Waals surface area contributed by atoms with Gasteiger partial charge in [-0.2, -0.15) is 5.26 Å². The van der Waals surface area contributed by atoms with Crippen LogP contribution in [0.3, 0.4) is 0 Å². The van der Waals surface area contributed by atoms with Gasteiger partial charge in [0.05, 0.1) is 5.57 Å². The predicted octanol–water partition coefficient (Wildman–Crippen LogP) is 2.02. The Labute approximate surface area is 145 Å². The van der Waals surface area contributed by atoms with Crippen LogP contribution in [0.25, 0.3) is 0 Å². The summed E-state index contributed by atoms with van der Waals surface area (Å²) in [6.45, 7) is 2.30. The Morgan fingerprint density at radius 1 is 1.32 bits per heavy atom. The van der Waals surface area contributed by atoms with E-state index in [1.165, 1.54) is 0 Å². The number of hydrogen-bond acceptors (Lipinski definition) is 5.